The van der Waals surface area contributed by atoms with E-state index in [1.165, 1.54) is 6.92 Å². The smallest absolute Gasteiger partial charge is 0.339 e. The second-order valence-corrected chi connectivity index (χ2v) is 6.12. The minimum atomic E-state index is -0.992. The zero-order valence-electron chi connectivity index (χ0n) is 14.0. The van der Waals surface area contributed by atoms with E-state index in [1.807, 2.05) is 27.7 Å². The molecule has 0 aliphatic rings. The highest BCUT2D eigenvalue weighted by Crippen LogP contribution is 2.25. The highest BCUT2D eigenvalue weighted by molar-refractivity contribution is 6.03. The summed E-state index contributed by atoms with van der Waals surface area (Å²) in [6.45, 7) is 9.41. The van der Waals surface area contributed by atoms with Gasteiger partial charge in [0.1, 0.15) is 0 Å². The Morgan fingerprint density at radius 1 is 1.22 bits per heavy atom. The van der Waals surface area contributed by atoms with Crippen LogP contribution in [-0.4, -0.2) is 32.7 Å². The van der Waals surface area contributed by atoms with Crippen molar-refractivity contribution in [2.24, 2.45) is 5.73 Å². The van der Waals surface area contributed by atoms with Gasteiger partial charge in [0, 0.05) is 11.7 Å². The van der Waals surface area contributed by atoms with Gasteiger partial charge in [0.2, 0.25) is 0 Å². The van der Waals surface area contributed by atoms with Gasteiger partial charge in [-0.25, -0.2) is 14.5 Å². The lowest BCUT2D eigenvalue weighted by molar-refractivity contribution is -0.125. The van der Waals surface area contributed by atoms with E-state index in [-0.39, 0.29) is 12.0 Å². The Hall–Kier alpha value is -2.44. The van der Waals surface area contributed by atoms with Crippen molar-refractivity contribution in [3.8, 4) is 0 Å². The van der Waals surface area contributed by atoms with Gasteiger partial charge < -0.3 is 10.5 Å². The number of carbonyl (C=O) groups excluding carboxylic acids is 2. The number of rotatable bonds is 5. The number of hydrogen-bond donors (Lipinski definition) is 1. The number of esters is 1. The molecule has 0 aliphatic carbocycles. The molecule has 23 heavy (non-hydrogen) atoms. The molecule has 0 saturated carbocycles. The first-order valence-electron chi connectivity index (χ1n) is 7.60. The summed E-state index contributed by atoms with van der Waals surface area (Å²) < 4.78 is 6.89. The Bertz CT molecular complexity index is 749. The largest absolute Gasteiger partial charge is 0.449 e. The Labute approximate surface area is 134 Å². The van der Waals surface area contributed by atoms with Gasteiger partial charge in [-0.3, -0.25) is 4.79 Å². The zero-order valence-corrected chi connectivity index (χ0v) is 14.0. The third-order valence-electron chi connectivity index (χ3n) is 3.57. The fourth-order valence-corrected chi connectivity index (χ4v) is 2.16. The van der Waals surface area contributed by atoms with Crippen LogP contribution in [0.4, 0.5) is 0 Å². The molecule has 0 aliphatic heterocycles. The van der Waals surface area contributed by atoms with E-state index in [1.54, 1.807) is 16.9 Å². The van der Waals surface area contributed by atoms with Crippen LogP contribution in [0.3, 0.4) is 0 Å². The normalized spacial score (nSPS) is 12.8. The molecule has 0 spiro atoms. The average Bonchev–Trinajstić information content (AvgIpc) is 2.89. The van der Waals surface area contributed by atoms with Gasteiger partial charge in [-0.15, -0.1) is 0 Å². The zero-order chi connectivity index (χ0) is 17.3. The van der Waals surface area contributed by atoms with Gasteiger partial charge in [-0.1, -0.05) is 13.8 Å². The maximum atomic E-state index is 12.4. The molecule has 1 amide bonds. The van der Waals surface area contributed by atoms with Crippen molar-refractivity contribution >= 4 is 22.9 Å². The molecule has 0 aromatic carbocycles. The van der Waals surface area contributed by atoms with Gasteiger partial charge in [0.15, 0.2) is 11.8 Å². The van der Waals surface area contributed by atoms with Crippen LogP contribution >= 0.6 is 0 Å². The van der Waals surface area contributed by atoms with Crippen molar-refractivity contribution in [1.82, 2.24) is 14.8 Å². The molecule has 2 heterocycles. The Kier molecular flexibility index (Phi) is 4.68. The van der Waals surface area contributed by atoms with E-state index in [2.05, 4.69) is 10.1 Å². The number of primary amides is 1. The van der Waals surface area contributed by atoms with E-state index >= 15 is 0 Å². The molecule has 0 saturated heterocycles. The summed E-state index contributed by atoms with van der Waals surface area (Å²) in [7, 11) is 0. The Morgan fingerprint density at radius 2 is 1.87 bits per heavy atom. The van der Waals surface area contributed by atoms with Crippen molar-refractivity contribution in [2.75, 3.05) is 0 Å². The van der Waals surface area contributed by atoms with E-state index in [0.29, 0.717) is 16.6 Å². The van der Waals surface area contributed by atoms with Crippen LogP contribution in [0.5, 0.6) is 0 Å². The summed E-state index contributed by atoms with van der Waals surface area (Å²) in [5, 5.41) is 4.91. The molecular weight excluding hydrogens is 296 g/mol. The third kappa shape index (κ3) is 3.33. The van der Waals surface area contributed by atoms with Crippen LogP contribution in [0.15, 0.2) is 12.3 Å². The van der Waals surface area contributed by atoms with Crippen LogP contribution in [-0.2, 0) is 9.53 Å². The van der Waals surface area contributed by atoms with Crippen molar-refractivity contribution in [1.29, 1.82) is 0 Å². The van der Waals surface area contributed by atoms with Gasteiger partial charge in [-0.05, 0) is 32.8 Å². The number of pyridine rings is 1. The van der Waals surface area contributed by atoms with Crippen molar-refractivity contribution in [3.63, 3.8) is 0 Å². The molecule has 124 valence electrons. The van der Waals surface area contributed by atoms with Crippen LogP contribution in [0.2, 0.25) is 0 Å². The minimum Gasteiger partial charge on any atom is -0.449 e. The van der Waals surface area contributed by atoms with E-state index in [9.17, 15) is 9.59 Å². The number of amides is 1. The van der Waals surface area contributed by atoms with Crippen LogP contribution in [0, 0.1) is 0 Å². The number of nitrogens with two attached hydrogens (primary N) is 1. The highest BCUT2D eigenvalue weighted by Gasteiger charge is 2.22. The van der Waals surface area contributed by atoms with Crippen molar-refractivity contribution in [3.05, 3.63) is 23.5 Å². The lowest BCUT2D eigenvalue weighted by Crippen LogP contribution is -2.30. The lowest BCUT2D eigenvalue weighted by atomic mass is 10.1. The van der Waals surface area contributed by atoms with Gasteiger partial charge >= 0.3 is 5.97 Å². The van der Waals surface area contributed by atoms with Crippen LogP contribution in [0.25, 0.3) is 11.0 Å². The second kappa shape index (κ2) is 6.36. The number of carbonyl (C=O) groups is 2. The van der Waals surface area contributed by atoms with Crippen LogP contribution in [0.1, 0.15) is 62.6 Å². The number of fused-ring (bicyclic) bond motifs is 1. The SMILES string of the molecule is CC(C)c1cc(C(=O)O[C@@H](C)C(N)=O)c2cnn(C(C)C)c2n1. The minimum absolute atomic E-state index is 0.107. The summed E-state index contributed by atoms with van der Waals surface area (Å²) in [6, 6.07) is 1.80. The maximum Gasteiger partial charge on any atom is 0.339 e. The fraction of sp³-hybridized carbons (Fsp3) is 0.500. The number of ether oxygens (including phenoxy) is 1. The van der Waals surface area contributed by atoms with Crippen molar-refractivity contribution in [2.45, 2.75) is 52.7 Å². The molecule has 7 nitrogen and oxygen atoms in total. The lowest BCUT2D eigenvalue weighted by Gasteiger charge is -2.13. The molecule has 0 fully saturated rings. The topological polar surface area (TPSA) is 100 Å². The van der Waals surface area contributed by atoms with Gasteiger partial charge in [0.25, 0.3) is 5.91 Å². The predicted molar refractivity (Wildman–Crippen MR) is 86.1 cm³/mol. The Balaban J connectivity index is 2.57. The molecule has 0 bridgehead atoms. The molecule has 7 heteroatoms. The second-order valence-electron chi connectivity index (χ2n) is 6.12. The summed E-state index contributed by atoms with van der Waals surface area (Å²) in [4.78, 5) is 28.2. The number of aromatic nitrogens is 3. The number of hydrogen-bond acceptors (Lipinski definition) is 5. The maximum absolute atomic E-state index is 12.4. The standard InChI is InChI=1S/C16H22N4O3/c1-8(2)13-6-11(16(22)23-10(5)14(17)21)12-7-18-20(9(3)4)15(12)19-13/h6-10H,1-5H3,(H2,17,21)/t10-/m0/s1. The third-order valence-corrected chi connectivity index (χ3v) is 3.57. The summed E-state index contributed by atoms with van der Waals surface area (Å²) in [5.74, 6) is -1.16. The molecule has 2 aromatic rings. The average molecular weight is 318 g/mol. The first-order valence-corrected chi connectivity index (χ1v) is 7.60. The summed E-state index contributed by atoms with van der Waals surface area (Å²) in [5.41, 5.74) is 6.89. The van der Waals surface area contributed by atoms with E-state index in [4.69, 9.17) is 10.5 Å². The van der Waals surface area contributed by atoms with Gasteiger partial charge in [-0.2, -0.15) is 5.10 Å². The first kappa shape index (κ1) is 16.9. The molecule has 2 rings (SSSR count). The summed E-state index contributed by atoms with van der Waals surface area (Å²) >= 11 is 0. The molecule has 0 radical (unpaired) electrons. The summed E-state index contributed by atoms with van der Waals surface area (Å²) in [6.07, 6.45) is 0.603. The predicted octanol–water partition coefficient (Wildman–Crippen LogP) is 2.17. The quantitative estimate of drug-likeness (QED) is 0.851. The molecule has 0 unspecified atom stereocenters. The molecule has 2 aromatic heterocycles. The molecule has 1 atom stereocenters. The van der Waals surface area contributed by atoms with Crippen molar-refractivity contribution < 1.29 is 14.3 Å². The van der Waals surface area contributed by atoms with E-state index < -0.39 is 18.0 Å². The first-order chi connectivity index (χ1) is 10.7. The monoisotopic (exact) mass is 318 g/mol. The van der Waals surface area contributed by atoms with Crippen LogP contribution < -0.4 is 5.73 Å². The van der Waals surface area contributed by atoms with E-state index in [0.717, 1.165) is 5.69 Å². The molecular formula is C16H22N4O3. The Morgan fingerprint density at radius 3 is 2.39 bits per heavy atom. The number of nitrogens with zero attached hydrogens (tertiary/aromatic N) is 3. The highest BCUT2D eigenvalue weighted by atomic mass is 16.5. The van der Waals surface area contributed by atoms with Gasteiger partial charge in [0.05, 0.1) is 17.1 Å². The fourth-order valence-electron chi connectivity index (χ4n) is 2.16. The molecule has 2 N–H and O–H groups in total.